The summed E-state index contributed by atoms with van der Waals surface area (Å²) in [6.45, 7) is 3.88. The maximum atomic E-state index is 11.2. The van der Waals surface area contributed by atoms with Gasteiger partial charge in [-0.3, -0.25) is 0 Å². The fourth-order valence-corrected chi connectivity index (χ4v) is 2.05. The summed E-state index contributed by atoms with van der Waals surface area (Å²) in [6, 6.07) is 10.2. The number of carbonyl (C=O) groups is 1. The van der Waals surface area contributed by atoms with Crippen LogP contribution in [0.2, 0.25) is 0 Å². The van der Waals surface area contributed by atoms with E-state index >= 15 is 0 Å². The van der Waals surface area contributed by atoms with Gasteiger partial charge in [0.2, 0.25) is 0 Å². The molecular formula is C14H15NO3. The van der Waals surface area contributed by atoms with Crippen LogP contribution in [0.3, 0.4) is 0 Å². The van der Waals surface area contributed by atoms with Gasteiger partial charge < -0.3 is 14.8 Å². The van der Waals surface area contributed by atoms with Gasteiger partial charge in [0, 0.05) is 11.7 Å². The summed E-state index contributed by atoms with van der Waals surface area (Å²) >= 11 is 0. The molecule has 1 aromatic heterocycles. The molecule has 0 aliphatic carbocycles. The van der Waals surface area contributed by atoms with Gasteiger partial charge in [0.15, 0.2) is 0 Å². The smallest absolute Gasteiger partial charge is 0.352 e. The molecule has 4 heteroatoms. The molecule has 0 radical (unpaired) electrons. The van der Waals surface area contributed by atoms with Gasteiger partial charge in [-0.05, 0) is 55.8 Å². The van der Waals surface area contributed by atoms with E-state index in [0.717, 1.165) is 11.3 Å². The molecule has 4 nitrogen and oxygen atoms in total. The van der Waals surface area contributed by atoms with Crippen molar-refractivity contribution in [2.24, 2.45) is 0 Å². The minimum absolute atomic E-state index is 0.0508. The number of phenolic OH excluding ortho intramolecular Hbond substituents is 1. The third-order valence-electron chi connectivity index (χ3n) is 2.82. The number of nitrogens with zero attached hydrogens (tertiary/aromatic N) is 1. The van der Waals surface area contributed by atoms with Gasteiger partial charge in [0.25, 0.3) is 0 Å². The molecule has 0 bridgehead atoms. The van der Waals surface area contributed by atoms with Crippen molar-refractivity contribution >= 4 is 5.97 Å². The van der Waals surface area contributed by atoms with Crippen LogP contribution in [0.15, 0.2) is 36.4 Å². The minimum atomic E-state index is -0.936. The Bertz CT molecular complexity index is 567. The van der Waals surface area contributed by atoms with Crippen molar-refractivity contribution in [1.82, 2.24) is 4.57 Å². The molecule has 1 aromatic carbocycles. The first-order chi connectivity index (χ1) is 8.50. The lowest BCUT2D eigenvalue weighted by Gasteiger charge is -2.15. The van der Waals surface area contributed by atoms with Gasteiger partial charge in [0.1, 0.15) is 11.4 Å². The number of rotatable bonds is 3. The third kappa shape index (κ3) is 2.09. The number of aromatic carboxylic acids is 1. The van der Waals surface area contributed by atoms with E-state index < -0.39 is 5.97 Å². The average molecular weight is 245 g/mol. The molecule has 0 amide bonds. The molecular weight excluding hydrogens is 230 g/mol. The lowest BCUT2D eigenvalue weighted by atomic mass is 10.1. The van der Waals surface area contributed by atoms with Gasteiger partial charge >= 0.3 is 5.97 Å². The minimum Gasteiger partial charge on any atom is -0.508 e. The van der Waals surface area contributed by atoms with Crippen molar-refractivity contribution in [1.29, 1.82) is 0 Å². The molecule has 0 spiro atoms. The van der Waals surface area contributed by atoms with Crippen LogP contribution < -0.4 is 0 Å². The Morgan fingerprint density at radius 2 is 1.72 bits per heavy atom. The monoisotopic (exact) mass is 245 g/mol. The number of benzene rings is 1. The van der Waals surface area contributed by atoms with Crippen molar-refractivity contribution in [3.05, 3.63) is 42.1 Å². The highest BCUT2D eigenvalue weighted by atomic mass is 16.4. The standard InChI is InChI=1S/C14H15NO3/c1-9(2)15-12(7-8-13(15)14(17)18)10-3-5-11(16)6-4-10/h3-9,16H,1-2H3,(H,17,18). The zero-order valence-electron chi connectivity index (χ0n) is 10.3. The molecule has 0 aliphatic rings. The molecule has 2 aromatic rings. The fourth-order valence-electron chi connectivity index (χ4n) is 2.05. The molecule has 2 rings (SSSR count). The van der Waals surface area contributed by atoms with Crippen LogP contribution in [0.4, 0.5) is 0 Å². The summed E-state index contributed by atoms with van der Waals surface area (Å²) in [6.07, 6.45) is 0. The number of phenols is 1. The van der Waals surface area contributed by atoms with E-state index in [2.05, 4.69) is 0 Å². The predicted molar refractivity (Wildman–Crippen MR) is 68.9 cm³/mol. The van der Waals surface area contributed by atoms with Crippen LogP contribution in [0.25, 0.3) is 11.3 Å². The second kappa shape index (κ2) is 4.56. The Hall–Kier alpha value is -2.23. The van der Waals surface area contributed by atoms with Crippen LogP contribution in [0, 0.1) is 0 Å². The highest BCUT2D eigenvalue weighted by Crippen LogP contribution is 2.27. The fraction of sp³-hybridized carbons (Fsp3) is 0.214. The SMILES string of the molecule is CC(C)n1c(C(=O)O)ccc1-c1ccc(O)cc1. The zero-order chi connectivity index (χ0) is 13.3. The van der Waals surface area contributed by atoms with Gasteiger partial charge in [0.05, 0.1) is 0 Å². The molecule has 2 N–H and O–H groups in total. The summed E-state index contributed by atoms with van der Waals surface area (Å²) < 4.78 is 1.77. The molecule has 0 saturated heterocycles. The highest BCUT2D eigenvalue weighted by molar-refractivity contribution is 5.87. The summed E-state index contributed by atoms with van der Waals surface area (Å²) in [7, 11) is 0. The highest BCUT2D eigenvalue weighted by Gasteiger charge is 2.17. The first-order valence-corrected chi connectivity index (χ1v) is 5.74. The van der Waals surface area contributed by atoms with Crippen LogP contribution in [0.1, 0.15) is 30.4 Å². The van der Waals surface area contributed by atoms with E-state index in [1.165, 1.54) is 0 Å². The molecule has 0 fully saturated rings. The number of carboxylic acid groups (broad SMARTS) is 1. The lowest BCUT2D eigenvalue weighted by Crippen LogP contribution is -2.11. The van der Waals surface area contributed by atoms with Crippen molar-refractivity contribution in [2.45, 2.75) is 19.9 Å². The zero-order valence-corrected chi connectivity index (χ0v) is 10.3. The van der Waals surface area contributed by atoms with Crippen molar-refractivity contribution in [3.8, 4) is 17.0 Å². The van der Waals surface area contributed by atoms with Crippen LogP contribution in [0.5, 0.6) is 5.75 Å². The Balaban J connectivity index is 2.57. The number of carboxylic acids is 1. The number of aromatic nitrogens is 1. The molecule has 0 atom stereocenters. The second-order valence-corrected chi connectivity index (χ2v) is 4.42. The van der Waals surface area contributed by atoms with Crippen LogP contribution >= 0.6 is 0 Å². The normalized spacial score (nSPS) is 10.8. The third-order valence-corrected chi connectivity index (χ3v) is 2.82. The topological polar surface area (TPSA) is 62.5 Å². The molecule has 18 heavy (non-hydrogen) atoms. The maximum Gasteiger partial charge on any atom is 0.352 e. The van der Waals surface area contributed by atoms with Crippen molar-refractivity contribution in [2.75, 3.05) is 0 Å². The van der Waals surface area contributed by atoms with Gasteiger partial charge in [-0.2, -0.15) is 0 Å². The summed E-state index contributed by atoms with van der Waals surface area (Å²) in [4.78, 5) is 11.2. The van der Waals surface area contributed by atoms with E-state index in [1.807, 2.05) is 13.8 Å². The summed E-state index contributed by atoms with van der Waals surface area (Å²) in [5.41, 5.74) is 1.99. The van der Waals surface area contributed by atoms with Crippen molar-refractivity contribution < 1.29 is 15.0 Å². The first kappa shape index (κ1) is 12.2. The molecule has 1 heterocycles. The lowest BCUT2D eigenvalue weighted by molar-refractivity contribution is 0.0683. The Morgan fingerprint density at radius 3 is 2.22 bits per heavy atom. The Kier molecular flexibility index (Phi) is 3.10. The molecule has 0 aliphatic heterocycles. The van der Waals surface area contributed by atoms with E-state index in [4.69, 9.17) is 5.11 Å². The summed E-state index contributed by atoms with van der Waals surface area (Å²) in [5, 5.41) is 18.4. The molecule has 0 unspecified atom stereocenters. The maximum absolute atomic E-state index is 11.2. The Morgan fingerprint density at radius 1 is 1.11 bits per heavy atom. The number of hydrogen-bond acceptors (Lipinski definition) is 2. The van der Waals surface area contributed by atoms with Gasteiger partial charge in [-0.1, -0.05) is 0 Å². The summed E-state index contributed by atoms with van der Waals surface area (Å²) in [5.74, 6) is -0.742. The molecule has 0 saturated carbocycles. The van der Waals surface area contributed by atoms with Gasteiger partial charge in [-0.25, -0.2) is 4.79 Å². The van der Waals surface area contributed by atoms with E-state index in [0.29, 0.717) is 0 Å². The second-order valence-electron chi connectivity index (χ2n) is 4.42. The molecule has 94 valence electrons. The largest absolute Gasteiger partial charge is 0.508 e. The van der Waals surface area contributed by atoms with E-state index in [1.54, 1.807) is 41.0 Å². The van der Waals surface area contributed by atoms with Crippen molar-refractivity contribution in [3.63, 3.8) is 0 Å². The Labute approximate surface area is 105 Å². The van der Waals surface area contributed by atoms with Crippen LogP contribution in [-0.4, -0.2) is 20.7 Å². The first-order valence-electron chi connectivity index (χ1n) is 5.74. The van der Waals surface area contributed by atoms with E-state index in [9.17, 15) is 9.90 Å². The predicted octanol–water partition coefficient (Wildman–Crippen LogP) is 3.14. The average Bonchev–Trinajstić information content (AvgIpc) is 2.74. The number of hydrogen-bond donors (Lipinski definition) is 2. The number of aromatic hydroxyl groups is 1. The van der Waals surface area contributed by atoms with Gasteiger partial charge in [-0.15, -0.1) is 0 Å². The van der Waals surface area contributed by atoms with Crippen LogP contribution in [-0.2, 0) is 0 Å². The quantitative estimate of drug-likeness (QED) is 0.873. The van der Waals surface area contributed by atoms with E-state index in [-0.39, 0.29) is 17.5 Å².